The molecule has 0 radical (unpaired) electrons. The molecule has 6 heteroatoms. The van der Waals surface area contributed by atoms with Gasteiger partial charge in [-0.25, -0.2) is 5.43 Å². The van der Waals surface area contributed by atoms with Crippen LogP contribution < -0.4 is 5.43 Å². The van der Waals surface area contributed by atoms with Crippen LogP contribution >= 0.6 is 11.8 Å². The van der Waals surface area contributed by atoms with Crippen molar-refractivity contribution >= 4 is 29.3 Å². The molecule has 0 spiro atoms. The van der Waals surface area contributed by atoms with E-state index in [4.69, 9.17) is 0 Å². The average Bonchev–Trinajstić information content (AvgIpc) is 2.56. The maximum atomic E-state index is 12.5. The van der Waals surface area contributed by atoms with Crippen LogP contribution in [0.25, 0.3) is 0 Å². The van der Waals surface area contributed by atoms with Gasteiger partial charge in [0, 0.05) is 36.9 Å². The predicted octanol–water partition coefficient (Wildman–Crippen LogP) is 1.57. The minimum absolute atomic E-state index is 0.0452. The lowest BCUT2D eigenvalue weighted by molar-refractivity contribution is -0.124. The highest BCUT2D eigenvalue weighted by molar-refractivity contribution is 7.99. The van der Waals surface area contributed by atoms with E-state index in [2.05, 4.69) is 22.7 Å². The number of carbonyl (C=O) groups excluding carboxylic acids is 2. The summed E-state index contributed by atoms with van der Waals surface area (Å²) in [4.78, 5) is 25.4. The summed E-state index contributed by atoms with van der Waals surface area (Å²) in [6.45, 7) is 1.43. The van der Waals surface area contributed by atoms with E-state index in [0.717, 1.165) is 12.3 Å². The normalized spacial score (nSPS) is 22.5. The third-order valence-electron chi connectivity index (χ3n) is 3.68. The number of nitrogens with one attached hydrogen (secondary N) is 1. The fourth-order valence-electron chi connectivity index (χ4n) is 2.51. The van der Waals surface area contributed by atoms with Crippen LogP contribution in [0, 0.1) is 0 Å². The maximum Gasteiger partial charge on any atom is 0.270 e. The molecule has 0 aliphatic carbocycles. The van der Waals surface area contributed by atoms with E-state index in [-0.39, 0.29) is 11.8 Å². The van der Waals surface area contributed by atoms with Crippen molar-refractivity contribution in [2.45, 2.75) is 18.1 Å². The SMILES string of the molecule is O=C1CCC(C(=O)N2CCSC(c3ccccc3)C2)=NN1. The van der Waals surface area contributed by atoms with Crippen molar-refractivity contribution in [2.24, 2.45) is 5.10 Å². The highest BCUT2D eigenvalue weighted by Crippen LogP contribution is 2.33. The van der Waals surface area contributed by atoms with E-state index < -0.39 is 0 Å². The summed E-state index contributed by atoms with van der Waals surface area (Å²) in [5.41, 5.74) is 4.11. The Bertz CT molecular complexity index is 574. The summed E-state index contributed by atoms with van der Waals surface area (Å²) in [6, 6.07) is 10.3. The highest BCUT2D eigenvalue weighted by atomic mass is 32.2. The molecule has 1 aromatic rings. The standard InChI is InChI=1S/C15H17N3O2S/c19-14-7-6-12(16-17-14)15(20)18-8-9-21-13(10-18)11-4-2-1-3-5-11/h1-5,13H,6-10H2,(H,17,19). The molecule has 2 amide bonds. The van der Waals surface area contributed by atoms with Gasteiger partial charge in [0.25, 0.3) is 5.91 Å². The van der Waals surface area contributed by atoms with Gasteiger partial charge in [-0.05, 0) is 5.56 Å². The number of thioether (sulfide) groups is 1. The van der Waals surface area contributed by atoms with Crippen LogP contribution in [0.3, 0.4) is 0 Å². The molecule has 1 aromatic carbocycles. The number of benzene rings is 1. The maximum absolute atomic E-state index is 12.5. The van der Waals surface area contributed by atoms with Crippen LogP contribution in [0.5, 0.6) is 0 Å². The van der Waals surface area contributed by atoms with Gasteiger partial charge in [0.15, 0.2) is 0 Å². The Hall–Kier alpha value is -1.82. The summed E-state index contributed by atoms with van der Waals surface area (Å²) < 4.78 is 0. The number of amides is 2. The Balaban J connectivity index is 1.69. The minimum atomic E-state index is -0.122. The number of hydrogen-bond donors (Lipinski definition) is 1. The first-order chi connectivity index (χ1) is 10.2. The van der Waals surface area contributed by atoms with E-state index >= 15 is 0 Å². The molecule has 1 N–H and O–H groups in total. The number of hydrogen-bond acceptors (Lipinski definition) is 4. The molecule has 1 saturated heterocycles. The number of nitrogens with zero attached hydrogens (tertiary/aromatic N) is 2. The number of rotatable bonds is 2. The highest BCUT2D eigenvalue weighted by Gasteiger charge is 2.29. The third-order valence-corrected chi connectivity index (χ3v) is 4.92. The van der Waals surface area contributed by atoms with E-state index in [1.165, 1.54) is 5.56 Å². The van der Waals surface area contributed by atoms with Crippen LogP contribution in [0.1, 0.15) is 23.7 Å². The molecule has 2 aliphatic rings. The van der Waals surface area contributed by atoms with Gasteiger partial charge < -0.3 is 4.90 Å². The van der Waals surface area contributed by atoms with Gasteiger partial charge in [0.1, 0.15) is 5.71 Å². The first kappa shape index (κ1) is 14.1. The van der Waals surface area contributed by atoms with E-state index in [9.17, 15) is 9.59 Å². The second-order valence-corrected chi connectivity index (χ2v) is 6.43. The molecule has 21 heavy (non-hydrogen) atoms. The van der Waals surface area contributed by atoms with Gasteiger partial charge in [0.05, 0.1) is 0 Å². The molecule has 0 bridgehead atoms. The molecule has 1 fully saturated rings. The largest absolute Gasteiger partial charge is 0.335 e. The fraction of sp³-hybridized carbons (Fsp3) is 0.400. The molecule has 0 saturated carbocycles. The van der Waals surface area contributed by atoms with Crippen molar-refractivity contribution in [3.8, 4) is 0 Å². The van der Waals surface area contributed by atoms with Gasteiger partial charge in [-0.2, -0.15) is 16.9 Å². The molecule has 5 nitrogen and oxygen atoms in total. The molecule has 2 heterocycles. The van der Waals surface area contributed by atoms with Crippen LogP contribution in [-0.2, 0) is 9.59 Å². The summed E-state index contributed by atoms with van der Waals surface area (Å²) in [7, 11) is 0. The number of carbonyl (C=O) groups is 2. The Morgan fingerprint density at radius 2 is 2.10 bits per heavy atom. The lowest BCUT2D eigenvalue weighted by Gasteiger charge is -2.33. The smallest absolute Gasteiger partial charge is 0.270 e. The monoisotopic (exact) mass is 303 g/mol. The van der Waals surface area contributed by atoms with Crippen molar-refractivity contribution in [1.29, 1.82) is 0 Å². The zero-order valence-electron chi connectivity index (χ0n) is 11.6. The molecule has 1 unspecified atom stereocenters. The van der Waals surface area contributed by atoms with Crippen molar-refractivity contribution < 1.29 is 9.59 Å². The van der Waals surface area contributed by atoms with Gasteiger partial charge in [-0.15, -0.1) is 0 Å². The second kappa shape index (κ2) is 6.30. The summed E-state index contributed by atoms with van der Waals surface area (Å²) in [5.74, 6) is 0.754. The van der Waals surface area contributed by atoms with Gasteiger partial charge in [0.2, 0.25) is 5.91 Å². The topological polar surface area (TPSA) is 61.8 Å². The van der Waals surface area contributed by atoms with Crippen LogP contribution in [0.2, 0.25) is 0 Å². The van der Waals surface area contributed by atoms with Crippen molar-refractivity contribution in [3.05, 3.63) is 35.9 Å². The van der Waals surface area contributed by atoms with Crippen LogP contribution in [0.15, 0.2) is 35.4 Å². The Labute approximate surface area is 127 Å². The summed E-state index contributed by atoms with van der Waals surface area (Å²) >= 11 is 1.88. The molecule has 3 rings (SSSR count). The van der Waals surface area contributed by atoms with Crippen molar-refractivity contribution in [3.63, 3.8) is 0 Å². The van der Waals surface area contributed by atoms with Crippen molar-refractivity contribution in [2.75, 3.05) is 18.8 Å². The first-order valence-electron chi connectivity index (χ1n) is 7.05. The minimum Gasteiger partial charge on any atom is -0.335 e. The Morgan fingerprint density at radius 3 is 2.81 bits per heavy atom. The quantitative estimate of drug-likeness (QED) is 0.902. The predicted molar refractivity (Wildman–Crippen MR) is 83.0 cm³/mol. The van der Waals surface area contributed by atoms with Gasteiger partial charge in [-0.1, -0.05) is 30.3 Å². The fourth-order valence-corrected chi connectivity index (χ4v) is 3.76. The van der Waals surface area contributed by atoms with Crippen molar-refractivity contribution in [1.82, 2.24) is 10.3 Å². The summed E-state index contributed by atoms with van der Waals surface area (Å²) in [6.07, 6.45) is 0.777. The van der Waals surface area contributed by atoms with E-state index in [1.807, 2.05) is 34.9 Å². The van der Waals surface area contributed by atoms with Crippen LogP contribution in [-0.4, -0.2) is 41.3 Å². The zero-order valence-corrected chi connectivity index (χ0v) is 12.4. The lowest BCUT2D eigenvalue weighted by Crippen LogP contribution is -2.44. The van der Waals surface area contributed by atoms with Crippen LogP contribution in [0.4, 0.5) is 0 Å². The molecular weight excluding hydrogens is 286 g/mol. The van der Waals surface area contributed by atoms with Gasteiger partial charge in [-0.3, -0.25) is 9.59 Å². The molecule has 1 atom stereocenters. The Morgan fingerprint density at radius 1 is 1.29 bits per heavy atom. The van der Waals surface area contributed by atoms with E-state index in [0.29, 0.717) is 30.3 Å². The summed E-state index contributed by atoms with van der Waals surface area (Å²) in [5, 5.41) is 4.21. The Kier molecular flexibility index (Phi) is 4.24. The van der Waals surface area contributed by atoms with E-state index in [1.54, 1.807) is 0 Å². The zero-order chi connectivity index (χ0) is 14.7. The molecule has 110 valence electrons. The average molecular weight is 303 g/mol. The third kappa shape index (κ3) is 3.26. The first-order valence-corrected chi connectivity index (χ1v) is 8.10. The second-order valence-electron chi connectivity index (χ2n) is 5.11. The lowest BCUT2D eigenvalue weighted by atomic mass is 10.1. The van der Waals surface area contributed by atoms with Gasteiger partial charge >= 0.3 is 0 Å². The molecular formula is C15H17N3O2S. The number of hydrazone groups is 1. The molecule has 0 aromatic heterocycles. The molecule has 2 aliphatic heterocycles.